The van der Waals surface area contributed by atoms with Gasteiger partial charge < -0.3 is 33.4 Å². The monoisotopic (exact) mass is 573 g/mol. The van der Waals surface area contributed by atoms with Gasteiger partial charge in [0.15, 0.2) is 0 Å². The normalized spacial score (nSPS) is 21.9. The zero-order chi connectivity index (χ0) is 31.4. The van der Waals surface area contributed by atoms with Crippen molar-refractivity contribution in [2.24, 2.45) is 0 Å². The van der Waals surface area contributed by atoms with Gasteiger partial charge in [0.05, 0.1) is 22.4 Å². The first-order valence-corrected chi connectivity index (χ1v) is 14.4. The highest BCUT2D eigenvalue weighted by Gasteiger charge is 2.54. The number of hydrogen-bond donors (Lipinski definition) is 1. The maximum Gasteiger partial charge on any atom is 0.495 e. The maximum atomic E-state index is 13.3. The van der Waals surface area contributed by atoms with Crippen LogP contribution in [0.3, 0.4) is 0 Å². The Morgan fingerprint density at radius 1 is 0.756 bits per heavy atom. The summed E-state index contributed by atoms with van der Waals surface area (Å²) in [5.41, 5.74) is -1.43. The van der Waals surface area contributed by atoms with Gasteiger partial charge in [-0.25, -0.2) is 9.59 Å². The number of amides is 1. The molecule has 0 bridgehead atoms. The van der Waals surface area contributed by atoms with Crippen LogP contribution in [-0.2, 0) is 39.3 Å². The van der Waals surface area contributed by atoms with Gasteiger partial charge in [0, 0.05) is 6.42 Å². The fourth-order valence-electron chi connectivity index (χ4n) is 4.35. The summed E-state index contributed by atoms with van der Waals surface area (Å²) in [6, 6.07) is 4.73. The van der Waals surface area contributed by atoms with Crippen LogP contribution in [0.4, 0.5) is 4.79 Å². The average Bonchev–Trinajstić information content (AvgIpc) is 3.10. The van der Waals surface area contributed by atoms with E-state index >= 15 is 0 Å². The van der Waals surface area contributed by atoms with Crippen molar-refractivity contribution in [3.05, 3.63) is 23.8 Å². The molecule has 2 saturated heterocycles. The van der Waals surface area contributed by atoms with E-state index < -0.39 is 65.9 Å². The molecule has 2 aliphatic rings. The molecule has 3 rings (SSSR count). The third-order valence-corrected chi connectivity index (χ3v) is 8.01. The van der Waals surface area contributed by atoms with Crippen LogP contribution in [0.25, 0.3) is 0 Å². The lowest BCUT2D eigenvalue weighted by atomic mass is 9.69. The van der Waals surface area contributed by atoms with Gasteiger partial charge in [-0.2, -0.15) is 0 Å². The summed E-state index contributed by atoms with van der Waals surface area (Å²) < 4.78 is 36.6. The van der Waals surface area contributed by atoms with Gasteiger partial charge in [-0.05, 0) is 113 Å². The van der Waals surface area contributed by atoms with Crippen LogP contribution in [0.5, 0.6) is 0 Å². The lowest BCUT2D eigenvalue weighted by Crippen LogP contribution is -2.49. The van der Waals surface area contributed by atoms with Crippen LogP contribution in [0, 0.1) is 0 Å². The Labute approximate surface area is 247 Å². The molecule has 2 heterocycles. The van der Waals surface area contributed by atoms with Crippen LogP contribution in [0.1, 0.15) is 102 Å². The van der Waals surface area contributed by atoms with E-state index in [0.717, 1.165) is 16.5 Å². The summed E-state index contributed by atoms with van der Waals surface area (Å²) >= 11 is 0. The first kappa shape index (κ1) is 33.4. The molecule has 1 N–H and O–H groups in total. The molecule has 0 aliphatic carbocycles. The van der Waals surface area contributed by atoms with Gasteiger partial charge >= 0.3 is 26.3 Å². The molecule has 1 unspecified atom stereocenters. The number of benzene rings is 1. The molecule has 2 fully saturated rings. The molecule has 0 aromatic heterocycles. The van der Waals surface area contributed by atoms with Crippen molar-refractivity contribution in [2.45, 2.75) is 143 Å². The smallest absolute Gasteiger partial charge is 0.458 e. The van der Waals surface area contributed by atoms with Crippen molar-refractivity contribution in [3.8, 4) is 0 Å². The third-order valence-electron chi connectivity index (χ3n) is 8.01. The number of alkyl carbamates (subject to hydrolysis) is 1. The number of ether oxygens (including phenoxy) is 2. The summed E-state index contributed by atoms with van der Waals surface area (Å²) in [5, 5.41) is 2.72. The standard InChI is InChI=1S/C30H49B2NO8/c1-25(2,3)36-23(34)22(33-24(35)37-26(4,5)6)17-19-15-16-20(31-38-27(7,8)28(9,10)39-31)18-21(19)32-40-29(11,12)30(13,14)41-32/h15-16,18,22H,17H2,1-14H3,(H,33,35). The van der Waals surface area contributed by atoms with E-state index in [1.165, 1.54) is 0 Å². The quantitative estimate of drug-likeness (QED) is 0.402. The Morgan fingerprint density at radius 2 is 1.20 bits per heavy atom. The van der Waals surface area contributed by atoms with Gasteiger partial charge in [-0.1, -0.05) is 18.2 Å². The lowest BCUT2D eigenvalue weighted by molar-refractivity contribution is -0.157. The Morgan fingerprint density at radius 3 is 1.63 bits per heavy atom. The minimum atomic E-state index is -1.02. The van der Waals surface area contributed by atoms with Crippen molar-refractivity contribution < 1.29 is 37.7 Å². The molecule has 1 aromatic rings. The van der Waals surface area contributed by atoms with E-state index in [4.69, 9.17) is 28.1 Å². The average molecular weight is 573 g/mol. The minimum Gasteiger partial charge on any atom is -0.458 e. The summed E-state index contributed by atoms with van der Waals surface area (Å²) in [6.45, 7) is 26.6. The van der Waals surface area contributed by atoms with Gasteiger partial charge in [-0.15, -0.1) is 0 Å². The molecule has 228 valence electrons. The van der Waals surface area contributed by atoms with E-state index in [1.54, 1.807) is 41.5 Å². The number of carbonyl (C=O) groups is 2. The van der Waals surface area contributed by atoms with Crippen LogP contribution in [0.2, 0.25) is 0 Å². The van der Waals surface area contributed by atoms with E-state index in [9.17, 15) is 9.59 Å². The Hall–Kier alpha value is -2.07. The molecule has 11 heteroatoms. The molecule has 41 heavy (non-hydrogen) atoms. The summed E-state index contributed by atoms with van der Waals surface area (Å²) in [6.07, 6.45) is -0.587. The lowest BCUT2D eigenvalue weighted by Gasteiger charge is -2.32. The Bertz CT molecular complexity index is 1120. The van der Waals surface area contributed by atoms with E-state index in [2.05, 4.69) is 5.32 Å². The molecule has 1 atom stereocenters. The van der Waals surface area contributed by atoms with Crippen molar-refractivity contribution in [1.29, 1.82) is 0 Å². The SMILES string of the molecule is CC(C)(C)OC(=O)NC(Cc1ccc(B2OC(C)(C)C(C)(C)O2)cc1B1OC(C)(C)C(C)(C)O1)C(=O)OC(C)(C)C. The van der Waals surface area contributed by atoms with Gasteiger partial charge in [0.2, 0.25) is 0 Å². The van der Waals surface area contributed by atoms with Gasteiger partial charge in [0.25, 0.3) is 0 Å². The molecule has 1 amide bonds. The Kier molecular flexibility index (Phi) is 8.88. The van der Waals surface area contributed by atoms with Gasteiger partial charge in [-0.3, -0.25) is 0 Å². The highest BCUT2D eigenvalue weighted by Crippen LogP contribution is 2.38. The summed E-state index contributed by atoms with van der Waals surface area (Å²) in [4.78, 5) is 26.1. The van der Waals surface area contributed by atoms with E-state index in [0.29, 0.717) is 0 Å². The highest BCUT2D eigenvalue weighted by atomic mass is 16.7. The number of rotatable bonds is 6. The molecule has 0 spiro atoms. The zero-order valence-corrected chi connectivity index (χ0v) is 27.4. The predicted octanol–water partition coefficient (Wildman–Crippen LogP) is 4.06. The number of carbonyl (C=O) groups excluding carboxylic acids is 2. The minimum absolute atomic E-state index is 0.122. The van der Waals surface area contributed by atoms with Crippen molar-refractivity contribution in [3.63, 3.8) is 0 Å². The van der Waals surface area contributed by atoms with Crippen LogP contribution < -0.4 is 16.2 Å². The highest BCUT2D eigenvalue weighted by molar-refractivity contribution is 6.66. The third kappa shape index (κ3) is 7.86. The fourth-order valence-corrected chi connectivity index (χ4v) is 4.35. The van der Waals surface area contributed by atoms with Crippen molar-refractivity contribution in [2.75, 3.05) is 0 Å². The maximum absolute atomic E-state index is 13.3. The second-order valence-electron chi connectivity index (χ2n) is 15.1. The second-order valence-corrected chi connectivity index (χ2v) is 15.1. The summed E-state index contributed by atoms with van der Waals surface area (Å²) in [5.74, 6) is -0.571. The molecule has 0 radical (unpaired) electrons. The topological polar surface area (TPSA) is 102 Å². The molecule has 0 saturated carbocycles. The van der Waals surface area contributed by atoms with E-state index in [1.807, 2.05) is 73.6 Å². The number of nitrogens with one attached hydrogen (secondary N) is 1. The molecule has 9 nitrogen and oxygen atoms in total. The van der Waals surface area contributed by atoms with Crippen LogP contribution in [0.15, 0.2) is 18.2 Å². The van der Waals surface area contributed by atoms with Crippen LogP contribution >= 0.6 is 0 Å². The van der Waals surface area contributed by atoms with Crippen molar-refractivity contribution in [1.82, 2.24) is 5.32 Å². The first-order valence-electron chi connectivity index (χ1n) is 14.4. The fraction of sp³-hybridized carbons (Fsp3) is 0.733. The molecule has 1 aromatic carbocycles. The van der Waals surface area contributed by atoms with Gasteiger partial charge in [0.1, 0.15) is 17.2 Å². The van der Waals surface area contributed by atoms with Crippen molar-refractivity contribution >= 4 is 37.2 Å². The summed E-state index contributed by atoms with van der Waals surface area (Å²) in [7, 11) is -1.32. The molecule has 2 aliphatic heterocycles. The Balaban J connectivity index is 2.03. The van der Waals surface area contributed by atoms with E-state index in [-0.39, 0.29) is 6.42 Å². The number of esters is 1. The second kappa shape index (κ2) is 10.9. The predicted molar refractivity (Wildman–Crippen MR) is 161 cm³/mol. The zero-order valence-electron chi connectivity index (χ0n) is 27.4. The first-order chi connectivity index (χ1) is 18.3. The largest absolute Gasteiger partial charge is 0.495 e. The number of hydrogen-bond acceptors (Lipinski definition) is 8. The molecular weight excluding hydrogens is 524 g/mol. The molecular formula is C30H49B2NO8. The van der Waals surface area contributed by atoms with Crippen LogP contribution in [-0.4, -0.2) is 65.9 Å².